The molecule has 1 amide bonds. The fourth-order valence-electron chi connectivity index (χ4n) is 2.39. The first kappa shape index (κ1) is 16.1. The van der Waals surface area contributed by atoms with Gasteiger partial charge in [-0.05, 0) is 37.1 Å². The van der Waals surface area contributed by atoms with Crippen LogP contribution in [-0.2, 0) is 14.3 Å². The van der Waals surface area contributed by atoms with Crippen LogP contribution in [0.1, 0.15) is 23.2 Å². The van der Waals surface area contributed by atoms with E-state index in [1.54, 1.807) is 35.3 Å². The summed E-state index contributed by atoms with van der Waals surface area (Å²) in [7, 11) is 0. The number of amides is 1. The van der Waals surface area contributed by atoms with Crippen molar-refractivity contribution in [3.63, 3.8) is 0 Å². The van der Waals surface area contributed by atoms with Crippen molar-refractivity contribution in [2.75, 3.05) is 19.8 Å². The summed E-state index contributed by atoms with van der Waals surface area (Å²) < 4.78 is 12.0. The average molecular weight is 330 g/mol. The van der Waals surface area contributed by atoms with Crippen molar-refractivity contribution in [2.45, 2.75) is 18.9 Å². The molecule has 126 valence electrons. The van der Waals surface area contributed by atoms with E-state index in [4.69, 9.17) is 9.47 Å². The zero-order chi connectivity index (χ0) is 16.8. The predicted octanol–water partition coefficient (Wildman–Crippen LogP) is 0.719. The minimum absolute atomic E-state index is 0.0639. The lowest BCUT2D eigenvalue weighted by atomic mass is 10.2. The van der Waals surface area contributed by atoms with Crippen molar-refractivity contribution in [1.82, 2.24) is 20.1 Å². The van der Waals surface area contributed by atoms with Gasteiger partial charge < -0.3 is 14.8 Å². The maximum Gasteiger partial charge on any atom is 0.338 e. The standard InChI is InChI=1S/C16H18N4O4/c21-15(18-8-14-2-1-7-23-14)9-24-16(22)12-3-5-13(6-4-12)20-11-17-10-19-20/h3-6,10-11,14H,1-2,7-9H2,(H,18,21)/t14-/m1/s1. The van der Waals surface area contributed by atoms with E-state index >= 15 is 0 Å². The van der Waals surface area contributed by atoms with Gasteiger partial charge in [0.15, 0.2) is 6.61 Å². The van der Waals surface area contributed by atoms with Crippen molar-refractivity contribution >= 4 is 11.9 Å². The number of nitrogens with one attached hydrogen (secondary N) is 1. The van der Waals surface area contributed by atoms with Gasteiger partial charge in [-0.2, -0.15) is 5.10 Å². The molecule has 0 spiro atoms. The summed E-state index contributed by atoms with van der Waals surface area (Å²) in [5, 5.41) is 6.70. The van der Waals surface area contributed by atoms with E-state index in [-0.39, 0.29) is 18.6 Å². The van der Waals surface area contributed by atoms with Crippen molar-refractivity contribution in [2.24, 2.45) is 0 Å². The summed E-state index contributed by atoms with van der Waals surface area (Å²) >= 11 is 0. The molecule has 2 aromatic rings. The normalized spacial score (nSPS) is 16.8. The van der Waals surface area contributed by atoms with Gasteiger partial charge in [-0.3, -0.25) is 4.79 Å². The lowest BCUT2D eigenvalue weighted by molar-refractivity contribution is -0.124. The highest BCUT2D eigenvalue weighted by atomic mass is 16.5. The van der Waals surface area contributed by atoms with E-state index in [1.165, 1.54) is 6.33 Å². The lowest BCUT2D eigenvalue weighted by Gasteiger charge is -2.11. The van der Waals surface area contributed by atoms with E-state index in [0.717, 1.165) is 25.1 Å². The zero-order valence-electron chi connectivity index (χ0n) is 13.1. The second kappa shape index (κ2) is 7.69. The molecule has 1 aromatic heterocycles. The second-order valence-corrected chi connectivity index (χ2v) is 5.40. The van der Waals surface area contributed by atoms with Gasteiger partial charge in [0.1, 0.15) is 12.7 Å². The fraction of sp³-hybridized carbons (Fsp3) is 0.375. The Labute approximate surface area is 138 Å². The number of carbonyl (C=O) groups is 2. The van der Waals surface area contributed by atoms with Gasteiger partial charge in [0, 0.05) is 13.2 Å². The fourth-order valence-corrected chi connectivity index (χ4v) is 2.39. The van der Waals surface area contributed by atoms with Gasteiger partial charge in [-0.25, -0.2) is 14.5 Å². The highest BCUT2D eigenvalue weighted by Crippen LogP contribution is 2.11. The Morgan fingerprint density at radius 2 is 2.17 bits per heavy atom. The maximum absolute atomic E-state index is 11.9. The summed E-state index contributed by atoms with van der Waals surface area (Å²) in [6.45, 7) is 0.874. The molecule has 1 atom stereocenters. The number of rotatable bonds is 6. The summed E-state index contributed by atoms with van der Waals surface area (Å²) in [6.07, 6.45) is 5.01. The van der Waals surface area contributed by atoms with Crippen molar-refractivity contribution in [3.8, 4) is 5.69 Å². The molecule has 1 fully saturated rings. The van der Waals surface area contributed by atoms with Crippen molar-refractivity contribution < 1.29 is 19.1 Å². The Balaban J connectivity index is 1.45. The topological polar surface area (TPSA) is 95.3 Å². The van der Waals surface area contributed by atoms with Crippen LogP contribution in [-0.4, -0.2) is 52.5 Å². The third-order valence-corrected chi connectivity index (χ3v) is 3.67. The molecule has 8 nitrogen and oxygen atoms in total. The Morgan fingerprint density at radius 3 is 2.83 bits per heavy atom. The number of benzene rings is 1. The molecule has 1 saturated heterocycles. The van der Waals surface area contributed by atoms with Gasteiger partial charge in [0.2, 0.25) is 0 Å². The number of esters is 1. The van der Waals surface area contributed by atoms with Crippen LogP contribution in [0.4, 0.5) is 0 Å². The van der Waals surface area contributed by atoms with Gasteiger partial charge in [0.05, 0.1) is 17.4 Å². The molecule has 8 heteroatoms. The Kier molecular flexibility index (Phi) is 5.17. The van der Waals surface area contributed by atoms with E-state index in [1.807, 2.05) is 0 Å². The van der Waals surface area contributed by atoms with Crippen LogP contribution in [0.25, 0.3) is 5.69 Å². The summed E-state index contributed by atoms with van der Waals surface area (Å²) in [5.74, 6) is -0.884. The molecule has 1 aliphatic rings. The van der Waals surface area contributed by atoms with Crippen LogP contribution in [0, 0.1) is 0 Å². The van der Waals surface area contributed by atoms with E-state index < -0.39 is 5.97 Å². The lowest BCUT2D eigenvalue weighted by Crippen LogP contribution is -2.34. The molecule has 0 aliphatic carbocycles. The summed E-state index contributed by atoms with van der Waals surface area (Å²) in [6, 6.07) is 6.68. The van der Waals surface area contributed by atoms with E-state index in [0.29, 0.717) is 12.1 Å². The Morgan fingerprint density at radius 1 is 1.33 bits per heavy atom. The maximum atomic E-state index is 11.9. The third kappa shape index (κ3) is 4.17. The zero-order valence-corrected chi connectivity index (χ0v) is 13.1. The van der Waals surface area contributed by atoms with Gasteiger partial charge in [-0.1, -0.05) is 0 Å². The largest absolute Gasteiger partial charge is 0.452 e. The second-order valence-electron chi connectivity index (χ2n) is 5.40. The molecule has 2 heterocycles. The first-order chi connectivity index (χ1) is 11.7. The van der Waals surface area contributed by atoms with E-state index in [9.17, 15) is 9.59 Å². The molecule has 1 N–H and O–H groups in total. The smallest absolute Gasteiger partial charge is 0.338 e. The molecule has 0 radical (unpaired) electrons. The quantitative estimate of drug-likeness (QED) is 0.784. The van der Waals surface area contributed by atoms with Crippen LogP contribution in [0.15, 0.2) is 36.9 Å². The predicted molar refractivity (Wildman–Crippen MR) is 83.6 cm³/mol. The minimum atomic E-state index is -0.549. The summed E-state index contributed by atoms with van der Waals surface area (Å²) in [5.41, 5.74) is 1.14. The molecular formula is C16H18N4O4. The molecular weight excluding hydrogens is 312 g/mol. The molecule has 0 saturated carbocycles. The molecule has 0 bridgehead atoms. The Bertz CT molecular complexity index is 679. The first-order valence-electron chi connectivity index (χ1n) is 7.73. The van der Waals surface area contributed by atoms with Crippen LogP contribution in [0.2, 0.25) is 0 Å². The molecule has 1 aromatic carbocycles. The SMILES string of the molecule is O=C(COC(=O)c1ccc(-n2cncn2)cc1)NC[C@H]1CCCO1. The molecule has 24 heavy (non-hydrogen) atoms. The Hall–Kier alpha value is -2.74. The van der Waals surface area contributed by atoms with Crippen molar-refractivity contribution in [1.29, 1.82) is 0 Å². The number of nitrogens with zero attached hydrogens (tertiary/aromatic N) is 3. The van der Waals surface area contributed by atoms with Gasteiger partial charge >= 0.3 is 5.97 Å². The van der Waals surface area contributed by atoms with E-state index in [2.05, 4.69) is 15.4 Å². The van der Waals surface area contributed by atoms with Crippen LogP contribution in [0.5, 0.6) is 0 Å². The van der Waals surface area contributed by atoms with Crippen LogP contribution in [0.3, 0.4) is 0 Å². The highest BCUT2D eigenvalue weighted by molar-refractivity contribution is 5.91. The summed E-state index contributed by atoms with van der Waals surface area (Å²) in [4.78, 5) is 27.5. The monoisotopic (exact) mass is 330 g/mol. The number of ether oxygens (including phenoxy) is 2. The minimum Gasteiger partial charge on any atom is -0.452 e. The highest BCUT2D eigenvalue weighted by Gasteiger charge is 2.17. The number of hydrogen-bond acceptors (Lipinski definition) is 6. The van der Waals surface area contributed by atoms with Crippen LogP contribution >= 0.6 is 0 Å². The number of aromatic nitrogens is 3. The van der Waals surface area contributed by atoms with Gasteiger partial charge in [0.25, 0.3) is 5.91 Å². The molecule has 3 rings (SSSR count). The van der Waals surface area contributed by atoms with Crippen molar-refractivity contribution in [3.05, 3.63) is 42.5 Å². The number of hydrogen-bond donors (Lipinski definition) is 1. The van der Waals surface area contributed by atoms with Gasteiger partial charge in [-0.15, -0.1) is 0 Å². The molecule has 0 unspecified atom stereocenters. The van der Waals surface area contributed by atoms with Crippen LogP contribution < -0.4 is 5.32 Å². The number of carbonyl (C=O) groups excluding carboxylic acids is 2. The first-order valence-corrected chi connectivity index (χ1v) is 7.73. The average Bonchev–Trinajstić information content (AvgIpc) is 3.31. The molecule has 1 aliphatic heterocycles. The third-order valence-electron chi connectivity index (χ3n) is 3.67.